The SMILES string of the molecule is Cc1c(Cl)cccc1NCc1ccc(OCCOc2ccccc2)cc1. The molecule has 0 aliphatic carbocycles. The highest BCUT2D eigenvalue weighted by Gasteiger charge is 2.02. The van der Waals surface area contributed by atoms with Crippen molar-refractivity contribution >= 4 is 17.3 Å². The molecule has 134 valence electrons. The third kappa shape index (κ3) is 5.17. The summed E-state index contributed by atoms with van der Waals surface area (Å²) in [5.41, 5.74) is 3.29. The topological polar surface area (TPSA) is 30.5 Å². The van der Waals surface area contributed by atoms with E-state index >= 15 is 0 Å². The highest BCUT2D eigenvalue weighted by molar-refractivity contribution is 6.31. The Morgan fingerprint density at radius 2 is 1.42 bits per heavy atom. The maximum absolute atomic E-state index is 6.15. The molecule has 0 aliphatic heterocycles. The van der Waals surface area contributed by atoms with Crippen LogP contribution >= 0.6 is 11.6 Å². The van der Waals surface area contributed by atoms with Crippen LogP contribution in [0, 0.1) is 6.92 Å². The monoisotopic (exact) mass is 367 g/mol. The van der Waals surface area contributed by atoms with Crippen molar-refractivity contribution in [2.24, 2.45) is 0 Å². The fraction of sp³-hybridized carbons (Fsp3) is 0.182. The van der Waals surface area contributed by atoms with Crippen LogP contribution in [0.5, 0.6) is 11.5 Å². The van der Waals surface area contributed by atoms with Gasteiger partial charge in [0.05, 0.1) is 0 Å². The van der Waals surface area contributed by atoms with Crippen LogP contribution in [0.4, 0.5) is 5.69 Å². The van der Waals surface area contributed by atoms with E-state index in [4.69, 9.17) is 21.1 Å². The normalized spacial score (nSPS) is 10.4. The van der Waals surface area contributed by atoms with Crippen molar-refractivity contribution in [3.63, 3.8) is 0 Å². The fourth-order valence-electron chi connectivity index (χ4n) is 2.54. The van der Waals surface area contributed by atoms with Crippen LogP contribution in [-0.4, -0.2) is 13.2 Å². The molecule has 0 spiro atoms. The van der Waals surface area contributed by atoms with E-state index in [-0.39, 0.29) is 0 Å². The number of hydrogen-bond donors (Lipinski definition) is 1. The van der Waals surface area contributed by atoms with Crippen molar-refractivity contribution in [3.8, 4) is 11.5 Å². The van der Waals surface area contributed by atoms with E-state index in [2.05, 4.69) is 17.4 Å². The maximum Gasteiger partial charge on any atom is 0.122 e. The molecule has 3 aromatic rings. The van der Waals surface area contributed by atoms with Gasteiger partial charge in [0.2, 0.25) is 0 Å². The van der Waals surface area contributed by atoms with E-state index in [0.717, 1.165) is 34.3 Å². The van der Waals surface area contributed by atoms with Gasteiger partial charge in [-0.25, -0.2) is 0 Å². The number of ether oxygens (including phenoxy) is 2. The molecule has 3 rings (SSSR count). The van der Waals surface area contributed by atoms with Crippen molar-refractivity contribution in [1.82, 2.24) is 0 Å². The summed E-state index contributed by atoms with van der Waals surface area (Å²) in [7, 11) is 0. The molecule has 0 saturated carbocycles. The number of rotatable bonds is 8. The van der Waals surface area contributed by atoms with Gasteiger partial charge in [-0.05, 0) is 54.4 Å². The largest absolute Gasteiger partial charge is 0.490 e. The summed E-state index contributed by atoms with van der Waals surface area (Å²) < 4.78 is 11.3. The molecule has 3 aromatic carbocycles. The lowest BCUT2D eigenvalue weighted by Crippen LogP contribution is -2.09. The molecule has 0 heterocycles. The van der Waals surface area contributed by atoms with Gasteiger partial charge in [0.15, 0.2) is 0 Å². The van der Waals surface area contributed by atoms with Gasteiger partial charge in [0.1, 0.15) is 24.7 Å². The highest BCUT2D eigenvalue weighted by Crippen LogP contribution is 2.23. The molecule has 0 bridgehead atoms. The zero-order chi connectivity index (χ0) is 18.2. The summed E-state index contributed by atoms with van der Waals surface area (Å²) in [4.78, 5) is 0. The molecule has 1 N–H and O–H groups in total. The zero-order valence-corrected chi connectivity index (χ0v) is 15.5. The maximum atomic E-state index is 6.15. The van der Waals surface area contributed by atoms with Crippen molar-refractivity contribution in [2.75, 3.05) is 18.5 Å². The lowest BCUT2D eigenvalue weighted by atomic mass is 10.1. The lowest BCUT2D eigenvalue weighted by Gasteiger charge is -2.12. The Labute approximate surface area is 159 Å². The Balaban J connectivity index is 1.44. The molecule has 3 nitrogen and oxygen atoms in total. The minimum Gasteiger partial charge on any atom is -0.490 e. The molecular weight excluding hydrogens is 346 g/mol. The van der Waals surface area contributed by atoms with Crippen LogP contribution in [0.15, 0.2) is 72.8 Å². The van der Waals surface area contributed by atoms with E-state index in [1.807, 2.05) is 67.6 Å². The highest BCUT2D eigenvalue weighted by atomic mass is 35.5. The Kier molecular flexibility index (Phi) is 6.39. The van der Waals surface area contributed by atoms with Crippen molar-refractivity contribution in [1.29, 1.82) is 0 Å². The van der Waals surface area contributed by atoms with E-state index < -0.39 is 0 Å². The Hall–Kier alpha value is -2.65. The predicted octanol–water partition coefficient (Wildman–Crippen LogP) is 5.72. The summed E-state index contributed by atoms with van der Waals surface area (Å²) in [6.07, 6.45) is 0. The first-order chi connectivity index (χ1) is 12.7. The first-order valence-corrected chi connectivity index (χ1v) is 8.99. The summed E-state index contributed by atoms with van der Waals surface area (Å²) in [6, 6.07) is 23.7. The van der Waals surface area contributed by atoms with Gasteiger partial charge in [-0.1, -0.05) is 48.0 Å². The van der Waals surface area contributed by atoms with Gasteiger partial charge in [0.25, 0.3) is 0 Å². The molecule has 4 heteroatoms. The lowest BCUT2D eigenvalue weighted by molar-refractivity contribution is 0.217. The number of para-hydroxylation sites is 1. The molecule has 0 fully saturated rings. The van der Waals surface area contributed by atoms with E-state index in [1.54, 1.807) is 0 Å². The standard InChI is InChI=1S/C22H22ClNO2/c1-17-21(23)8-5-9-22(17)24-16-18-10-12-20(13-11-18)26-15-14-25-19-6-3-2-4-7-19/h2-13,24H,14-16H2,1H3. The second-order valence-corrected chi connectivity index (χ2v) is 6.33. The van der Waals surface area contributed by atoms with Gasteiger partial charge < -0.3 is 14.8 Å². The van der Waals surface area contributed by atoms with Crippen LogP contribution in [0.3, 0.4) is 0 Å². The Morgan fingerprint density at radius 1 is 0.769 bits per heavy atom. The van der Waals surface area contributed by atoms with E-state index in [1.165, 1.54) is 5.56 Å². The van der Waals surface area contributed by atoms with Crippen molar-refractivity contribution in [2.45, 2.75) is 13.5 Å². The van der Waals surface area contributed by atoms with Gasteiger partial charge in [-0.3, -0.25) is 0 Å². The number of nitrogens with one attached hydrogen (secondary N) is 1. The fourth-order valence-corrected chi connectivity index (χ4v) is 2.71. The summed E-state index contributed by atoms with van der Waals surface area (Å²) in [5, 5.41) is 4.19. The first-order valence-electron chi connectivity index (χ1n) is 8.61. The molecule has 0 radical (unpaired) electrons. The average molecular weight is 368 g/mol. The third-order valence-electron chi connectivity index (χ3n) is 4.04. The molecule has 0 aliphatic rings. The second-order valence-electron chi connectivity index (χ2n) is 5.92. The van der Waals surface area contributed by atoms with Crippen LogP contribution in [-0.2, 0) is 6.54 Å². The molecule has 0 atom stereocenters. The number of anilines is 1. The molecule has 0 amide bonds. The van der Waals surface area contributed by atoms with E-state index in [9.17, 15) is 0 Å². The Bertz CT molecular complexity index is 819. The number of benzene rings is 3. The molecule has 0 saturated heterocycles. The quantitative estimate of drug-likeness (QED) is 0.516. The zero-order valence-electron chi connectivity index (χ0n) is 14.7. The van der Waals surface area contributed by atoms with E-state index in [0.29, 0.717) is 13.2 Å². The molecule has 0 unspecified atom stereocenters. The van der Waals surface area contributed by atoms with Gasteiger partial charge >= 0.3 is 0 Å². The van der Waals surface area contributed by atoms with Crippen LogP contribution in [0.25, 0.3) is 0 Å². The van der Waals surface area contributed by atoms with Crippen molar-refractivity contribution in [3.05, 3.63) is 88.9 Å². The molecular formula is C22H22ClNO2. The van der Waals surface area contributed by atoms with Gasteiger partial charge in [-0.2, -0.15) is 0 Å². The first kappa shape index (κ1) is 18.2. The van der Waals surface area contributed by atoms with Gasteiger partial charge in [0, 0.05) is 17.3 Å². The minimum absolute atomic E-state index is 0.508. The summed E-state index contributed by atoms with van der Waals surface area (Å²) in [5.74, 6) is 1.69. The predicted molar refractivity (Wildman–Crippen MR) is 107 cm³/mol. The average Bonchev–Trinajstić information content (AvgIpc) is 2.68. The smallest absolute Gasteiger partial charge is 0.122 e. The van der Waals surface area contributed by atoms with Crippen molar-refractivity contribution < 1.29 is 9.47 Å². The number of halogens is 1. The number of hydrogen-bond acceptors (Lipinski definition) is 3. The van der Waals surface area contributed by atoms with Gasteiger partial charge in [-0.15, -0.1) is 0 Å². The third-order valence-corrected chi connectivity index (χ3v) is 4.45. The molecule has 0 aromatic heterocycles. The summed E-state index contributed by atoms with van der Waals surface area (Å²) >= 11 is 6.15. The van der Waals surface area contributed by atoms with Crippen LogP contribution in [0.2, 0.25) is 5.02 Å². The Morgan fingerprint density at radius 3 is 2.12 bits per heavy atom. The van der Waals surface area contributed by atoms with Crippen LogP contribution < -0.4 is 14.8 Å². The summed E-state index contributed by atoms with van der Waals surface area (Å²) in [6.45, 7) is 3.77. The van der Waals surface area contributed by atoms with Crippen LogP contribution in [0.1, 0.15) is 11.1 Å². The second kappa shape index (κ2) is 9.16. The molecule has 26 heavy (non-hydrogen) atoms. The minimum atomic E-state index is 0.508.